The first kappa shape index (κ1) is 19.7. The molecule has 0 saturated carbocycles. The Balaban J connectivity index is 1.66. The minimum Gasteiger partial charge on any atom is -0.317 e. The van der Waals surface area contributed by atoms with E-state index in [2.05, 4.69) is 20.9 Å². The fraction of sp³-hybridized carbons (Fsp3) is 0.0435. The summed E-state index contributed by atoms with van der Waals surface area (Å²) < 4.78 is 2.89. The predicted molar refractivity (Wildman–Crippen MR) is 119 cm³/mol. The predicted octanol–water partition coefficient (Wildman–Crippen LogP) is 5.65. The summed E-state index contributed by atoms with van der Waals surface area (Å²) in [5.74, 6) is 0.110. The van der Waals surface area contributed by atoms with Crippen LogP contribution in [-0.2, 0) is 6.54 Å². The average Bonchev–Trinajstić information content (AvgIpc) is 3.12. The van der Waals surface area contributed by atoms with Gasteiger partial charge in [0.05, 0.1) is 16.0 Å². The Bertz CT molecular complexity index is 1260. The third-order valence-electron chi connectivity index (χ3n) is 4.66. The number of rotatable bonds is 6. The lowest BCUT2D eigenvalue weighted by atomic mass is 10.1. The van der Waals surface area contributed by atoms with E-state index in [4.69, 9.17) is 0 Å². The minimum atomic E-state index is -0.455. The summed E-state index contributed by atoms with van der Waals surface area (Å²) in [6, 6.07) is 21.6. The molecule has 0 N–H and O–H groups in total. The van der Waals surface area contributed by atoms with Gasteiger partial charge in [-0.05, 0) is 53.6 Å². The van der Waals surface area contributed by atoms with Crippen LogP contribution in [-0.4, -0.2) is 20.3 Å². The molecule has 1 heterocycles. The van der Waals surface area contributed by atoms with Gasteiger partial charge in [-0.2, -0.15) is 0 Å². The number of carbonyl (C=O) groups excluding carboxylic acids is 1. The molecule has 4 aromatic rings. The number of halogens is 1. The summed E-state index contributed by atoms with van der Waals surface area (Å²) in [5.41, 5.74) is 3.39. The molecule has 0 aliphatic rings. The van der Waals surface area contributed by atoms with Gasteiger partial charge in [0.2, 0.25) is 5.78 Å². The summed E-state index contributed by atoms with van der Waals surface area (Å²) in [6.45, 7) is 0.514. The molecular formula is C23H16BrN3O3. The lowest BCUT2D eigenvalue weighted by molar-refractivity contribution is -0.384. The molecule has 0 bridgehead atoms. The highest BCUT2D eigenvalue weighted by Crippen LogP contribution is 2.20. The highest BCUT2D eigenvalue weighted by Gasteiger charge is 2.16. The van der Waals surface area contributed by atoms with E-state index in [1.165, 1.54) is 18.2 Å². The van der Waals surface area contributed by atoms with Gasteiger partial charge >= 0.3 is 0 Å². The quantitative estimate of drug-likeness (QED) is 0.161. The van der Waals surface area contributed by atoms with Crippen molar-refractivity contribution in [3.05, 3.63) is 110 Å². The van der Waals surface area contributed by atoms with Crippen molar-refractivity contribution < 1.29 is 9.72 Å². The third kappa shape index (κ3) is 4.21. The summed E-state index contributed by atoms with van der Waals surface area (Å²) in [5, 5.41) is 10.8. The number of ketones is 1. The standard InChI is InChI=1S/C23H16BrN3O3/c24-18-10-5-17(6-11-18)15-26-21-4-2-1-3-20(21)25-23(26)22(28)14-9-16-7-12-19(13-8-16)27(29)30/h1-14H,15H2/b14-9+. The van der Waals surface area contributed by atoms with Gasteiger partial charge in [0.15, 0.2) is 5.82 Å². The molecule has 0 aliphatic heterocycles. The highest BCUT2D eigenvalue weighted by molar-refractivity contribution is 9.10. The molecule has 0 amide bonds. The zero-order valence-electron chi connectivity index (χ0n) is 15.7. The Morgan fingerprint density at radius 2 is 1.73 bits per heavy atom. The summed E-state index contributed by atoms with van der Waals surface area (Å²) in [6.07, 6.45) is 3.08. The van der Waals surface area contributed by atoms with Gasteiger partial charge in [-0.3, -0.25) is 14.9 Å². The number of benzene rings is 3. The monoisotopic (exact) mass is 461 g/mol. The number of hydrogen-bond acceptors (Lipinski definition) is 4. The van der Waals surface area contributed by atoms with Gasteiger partial charge in [-0.1, -0.05) is 46.3 Å². The first-order chi connectivity index (χ1) is 14.5. The second kappa shape index (κ2) is 8.42. The Morgan fingerprint density at radius 3 is 2.43 bits per heavy atom. The molecule has 6 nitrogen and oxygen atoms in total. The molecule has 0 radical (unpaired) electrons. The minimum absolute atomic E-state index is 0.00904. The van der Waals surface area contributed by atoms with Crippen LogP contribution < -0.4 is 0 Å². The van der Waals surface area contributed by atoms with Crippen LogP contribution in [0, 0.1) is 10.1 Å². The number of carbonyl (C=O) groups is 1. The molecule has 0 saturated heterocycles. The van der Waals surface area contributed by atoms with Gasteiger partial charge in [0.25, 0.3) is 5.69 Å². The van der Waals surface area contributed by atoms with Crippen molar-refractivity contribution >= 4 is 44.5 Å². The summed E-state index contributed by atoms with van der Waals surface area (Å²) in [4.78, 5) is 27.8. The molecule has 0 unspecified atom stereocenters. The number of imidazole rings is 1. The second-order valence-corrected chi connectivity index (χ2v) is 7.60. The number of aromatic nitrogens is 2. The van der Waals surface area contributed by atoms with E-state index >= 15 is 0 Å². The van der Waals surface area contributed by atoms with Crippen LogP contribution in [0.1, 0.15) is 21.7 Å². The smallest absolute Gasteiger partial charge is 0.269 e. The van der Waals surface area contributed by atoms with Crippen LogP contribution in [0.4, 0.5) is 5.69 Å². The largest absolute Gasteiger partial charge is 0.317 e. The second-order valence-electron chi connectivity index (χ2n) is 6.68. The van der Waals surface area contributed by atoms with E-state index in [1.54, 1.807) is 18.2 Å². The maximum Gasteiger partial charge on any atom is 0.269 e. The number of allylic oxidation sites excluding steroid dienone is 1. The number of para-hydroxylation sites is 2. The Labute approximate surface area is 180 Å². The molecule has 3 aromatic carbocycles. The van der Waals surface area contributed by atoms with Gasteiger partial charge in [0.1, 0.15) is 0 Å². The first-order valence-corrected chi connectivity index (χ1v) is 9.97. The van der Waals surface area contributed by atoms with E-state index in [0.717, 1.165) is 21.1 Å². The molecule has 7 heteroatoms. The highest BCUT2D eigenvalue weighted by atomic mass is 79.9. The number of nitro groups is 1. The van der Waals surface area contributed by atoms with Crippen molar-refractivity contribution in [3.8, 4) is 0 Å². The van der Waals surface area contributed by atoms with E-state index in [1.807, 2.05) is 53.1 Å². The van der Waals surface area contributed by atoms with Gasteiger partial charge < -0.3 is 4.57 Å². The van der Waals surface area contributed by atoms with E-state index in [9.17, 15) is 14.9 Å². The lowest BCUT2D eigenvalue weighted by Crippen LogP contribution is -2.09. The van der Waals surface area contributed by atoms with Gasteiger partial charge in [0, 0.05) is 23.2 Å². The maximum absolute atomic E-state index is 12.9. The Kier molecular flexibility index (Phi) is 5.54. The van der Waals surface area contributed by atoms with Crippen molar-refractivity contribution in [1.82, 2.24) is 9.55 Å². The number of non-ortho nitro benzene ring substituents is 1. The number of nitro benzene ring substituents is 1. The zero-order valence-corrected chi connectivity index (χ0v) is 17.3. The van der Waals surface area contributed by atoms with Crippen molar-refractivity contribution in [2.24, 2.45) is 0 Å². The SMILES string of the molecule is O=C(/C=C/c1ccc([N+](=O)[O-])cc1)c1nc2ccccc2n1Cc1ccc(Br)cc1. The molecule has 0 aliphatic carbocycles. The maximum atomic E-state index is 12.9. The average molecular weight is 462 g/mol. The molecule has 0 fully saturated rings. The van der Waals surface area contributed by atoms with Crippen LogP contribution in [0.3, 0.4) is 0 Å². The molecular weight excluding hydrogens is 446 g/mol. The third-order valence-corrected chi connectivity index (χ3v) is 5.19. The number of hydrogen-bond donors (Lipinski definition) is 0. The lowest BCUT2D eigenvalue weighted by Gasteiger charge is -2.08. The topological polar surface area (TPSA) is 78.0 Å². The fourth-order valence-electron chi connectivity index (χ4n) is 3.15. The molecule has 148 valence electrons. The summed E-state index contributed by atoms with van der Waals surface area (Å²) in [7, 11) is 0. The Hall–Kier alpha value is -3.58. The summed E-state index contributed by atoms with van der Waals surface area (Å²) >= 11 is 3.44. The Morgan fingerprint density at radius 1 is 1.03 bits per heavy atom. The van der Waals surface area contributed by atoms with E-state index in [-0.39, 0.29) is 11.5 Å². The van der Waals surface area contributed by atoms with Crippen LogP contribution in [0.2, 0.25) is 0 Å². The van der Waals surface area contributed by atoms with E-state index < -0.39 is 4.92 Å². The van der Waals surface area contributed by atoms with Crippen LogP contribution in [0.5, 0.6) is 0 Å². The zero-order chi connectivity index (χ0) is 21.1. The van der Waals surface area contributed by atoms with Crippen molar-refractivity contribution in [2.75, 3.05) is 0 Å². The van der Waals surface area contributed by atoms with Crippen LogP contribution >= 0.6 is 15.9 Å². The van der Waals surface area contributed by atoms with Gasteiger partial charge in [-0.15, -0.1) is 0 Å². The van der Waals surface area contributed by atoms with Crippen LogP contribution in [0.25, 0.3) is 17.1 Å². The van der Waals surface area contributed by atoms with Crippen LogP contribution in [0.15, 0.2) is 83.3 Å². The molecule has 4 rings (SSSR count). The molecule has 1 aromatic heterocycles. The van der Waals surface area contributed by atoms with E-state index in [0.29, 0.717) is 17.9 Å². The van der Waals surface area contributed by atoms with Gasteiger partial charge in [-0.25, -0.2) is 4.98 Å². The number of fused-ring (bicyclic) bond motifs is 1. The normalized spacial score (nSPS) is 11.2. The van der Waals surface area contributed by atoms with Crippen molar-refractivity contribution in [3.63, 3.8) is 0 Å². The van der Waals surface area contributed by atoms with Crippen molar-refractivity contribution in [2.45, 2.75) is 6.54 Å². The first-order valence-electron chi connectivity index (χ1n) is 9.18. The number of nitrogens with zero attached hydrogens (tertiary/aromatic N) is 3. The fourth-order valence-corrected chi connectivity index (χ4v) is 3.41. The van der Waals surface area contributed by atoms with Crippen molar-refractivity contribution in [1.29, 1.82) is 0 Å². The molecule has 0 atom stereocenters. The molecule has 30 heavy (non-hydrogen) atoms. The molecule has 0 spiro atoms.